The summed E-state index contributed by atoms with van der Waals surface area (Å²) in [5.41, 5.74) is -1.16. The van der Waals surface area contributed by atoms with E-state index in [1.165, 1.54) is 12.3 Å². The van der Waals surface area contributed by atoms with E-state index < -0.39 is 34.9 Å². The molecule has 94 valence electrons. The van der Waals surface area contributed by atoms with E-state index in [1.807, 2.05) is 0 Å². The van der Waals surface area contributed by atoms with Crippen molar-refractivity contribution >= 4 is 12.6 Å². The number of thiol groups is 1. The van der Waals surface area contributed by atoms with Crippen molar-refractivity contribution in [2.24, 2.45) is 0 Å². The van der Waals surface area contributed by atoms with E-state index >= 15 is 0 Å². The van der Waals surface area contributed by atoms with Crippen LogP contribution in [0.1, 0.15) is 6.23 Å². The van der Waals surface area contributed by atoms with Crippen LogP contribution >= 0.6 is 12.6 Å². The molecular weight excluding hydrogens is 248 g/mol. The van der Waals surface area contributed by atoms with Gasteiger partial charge in [0.25, 0.3) is 5.56 Å². The lowest BCUT2D eigenvalue weighted by molar-refractivity contribution is -0.0457. The number of rotatable bonds is 2. The summed E-state index contributed by atoms with van der Waals surface area (Å²) < 4.78 is 6.43. The van der Waals surface area contributed by atoms with Crippen LogP contribution in [-0.4, -0.2) is 43.8 Å². The van der Waals surface area contributed by atoms with E-state index in [9.17, 15) is 14.7 Å². The number of hydrogen-bond acceptors (Lipinski definition) is 6. The third-order valence-electron chi connectivity index (χ3n) is 2.64. The minimum Gasteiger partial charge on any atom is -0.394 e. The first kappa shape index (κ1) is 12.4. The standard InChI is InChI=1S/C9H12N2O5S/c12-3-4-6(14)7(17)8(16-4)11-2-1-5(13)10-9(11)15/h1-2,4,6-8,12,14,17H,3H2,(H,10,13,15)/t4-,6+,7?,8-/m1/s1. The number of nitrogens with zero attached hydrogens (tertiary/aromatic N) is 1. The molecule has 1 fully saturated rings. The summed E-state index contributed by atoms with van der Waals surface area (Å²) in [6.45, 7) is -0.368. The number of aliphatic hydroxyl groups excluding tert-OH is 2. The smallest absolute Gasteiger partial charge is 0.330 e. The van der Waals surface area contributed by atoms with Gasteiger partial charge in [-0.05, 0) is 0 Å². The lowest BCUT2D eigenvalue weighted by atomic mass is 10.2. The largest absolute Gasteiger partial charge is 0.394 e. The van der Waals surface area contributed by atoms with Crippen molar-refractivity contribution in [1.29, 1.82) is 0 Å². The third-order valence-corrected chi connectivity index (χ3v) is 3.20. The lowest BCUT2D eigenvalue weighted by Crippen LogP contribution is -2.35. The number of aliphatic hydroxyl groups is 2. The maximum Gasteiger partial charge on any atom is 0.330 e. The number of aromatic amines is 1. The van der Waals surface area contributed by atoms with Gasteiger partial charge < -0.3 is 14.9 Å². The summed E-state index contributed by atoms with van der Waals surface area (Å²) in [7, 11) is 0. The molecule has 0 amide bonds. The molecule has 1 saturated heterocycles. The van der Waals surface area contributed by atoms with Gasteiger partial charge in [-0.3, -0.25) is 14.3 Å². The van der Waals surface area contributed by atoms with Crippen LogP contribution in [0, 0.1) is 0 Å². The average Bonchev–Trinajstić information content (AvgIpc) is 2.57. The number of H-pyrrole nitrogens is 1. The maximum absolute atomic E-state index is 11.5. The molecule has 1 aliphatic rings. The van der Waals surface area contributed by atoms with Gasteiger partial charge in [0.15, 0.2) is 6.23 Å². The molecule has 2 rings (SSSR count). The first-order chi connectivity index (χ1) is 8.04. The highest BCUT2D eigenvalue weighted by molar-refractivity contribution is 7.81. The van der Waals surface area contributed by atoms with Crippen LogP contribution in [0.25, 0.3) is 0 Å². The van der Waals surface area contributed by atoms with Crippen LogP contribution in [0.15, 0.2) is 21.9 Å². The van der Waals surface area contributed by atoms with E-state index in [2.05, 4.69) is 17.6 Å². The van der Waals surface area contributed by atoms with Crippen molar-refractivity contribution in [3.63, 3.8) is 0 Å². The first-order valence-electron chi connectivity index (χ1n) is 4.98. The number of ether oxygens (including phenoxy) is 1. The molecule has 7 nitrogen and oxygen atoms in total. The Morgan fingerprint density at radius 3 is 2.76 bits per heavy atom. The fourth-order valence-electron chi connectivity index (χ4n) is 1.74. The Hall–Kier alpha value is -1.09. The van der Waals surface area contributed by atoms with Gasteiger partial charge >= 0.3 is 5.69 Å². The highest BCUT2D eigenvalue weighted by Gasteiger charge is 2.42. The molecule has 0 saturated carbocycles. The fraction of sp³-hybridized carbons (Fsp3) is 0.556. The molecular formula is C9H12N2O5S. The molecule has 8 heteroatoms. The predicted octanol–water partition coefficient (Wildman–Crippen LogP) is -1.91. The summed E-state index contributed by atoms with van der Waals surface area (Å²) in [4.78, 5) is 24.5. The van der Waals surface area contributed by atoms with Crippen LogP contribution < -0.4 is 11.2 Å². The Bertz CT molecular complexity index is 513. The SMILES string of the molecule is O=c1ccn([C@@H]2O[C@H](CO)[C@H](O)C2S)c(=O)[nH]1. The topological polar surface area (TPSA) is 105 Å². The van der Waals surface area contributed by atoms with Gasteiger partial charge in [0, 0.05) is 12.3 Å². The highest BCUT2D eigenvalue weighted by Crippen LogP contribution is 2.31. The van der Waals surface area contributed by atoms with E-state index in [4.69, 9.17) is 9.84 Å². The van der Waals surface area contributed by atoms with Crippen LogP contribution in [0.2, 0.25) is 0 Å². The van der Waals surface area contributed by atoms with Gasteiger partial charge in [-0.1, -0.05) is 0 Å². The van der Waals surface area contributed by atoms with Gasteiger partial charge in [0.2, 0.25) is 0 Å². The van der Waals surface area contributed by atoms with Crippen molar-refractivity contribution in [3.8, 4) is 0 Å². The van der Waals surface area contributed by atoms with Crippen molar-refractivity contribution in [1.82, 2.24) is 9.55 Å². The zero-order chi connectivity index (χ0) is 12.6. The molecule has 0 spiro atoms. The Labute approximate surface area is 101 Å². The summed E-state index contributed by atoms with van der Waals surface area (Å²) >= 11 is 4.14. The van der Waals surface area contributed by atoms with Crippen molar-refractivity contribution < 1.29 is 14.9 Å². The van der Waals surface area contributed by atoms with Gasteiger partial charge in [-0.15, -0.1) is 0 Å². The van der Waals surface area contributed by atoms with E-state index in [0.29, 0.717) is 0 Å². The zero-order valence-corrected chi connectivity index (χ0v) is 9.58. The second kappa shape index (κ2) is 4.65. The normalized spacial score (nSPS) is 32.9. The molecule has 0 aromatic carbocycles. The lowest BCUT2D eigenvalue weighted by Gasteiger charge is -2.16. The molecule has 1 aromatic heterocycles. The molecule has 0 radical (unpaired) electrons. The van der Waals surface area contributed by atoms with Crippen LogP contribution in [0.3, 0.4) is 0 Å². The van der Waals surface area contributed by atoms with E-state index in [-0.39, 0.29) is 6.61 Å². The Morgan fingerprint density at radius 2 is 2.24 bits per heavy atom. The first-order valence-corrected chi connectivity index (χ1v) is 5.50. The summed E-state index contributed by atoms with van der Waals surface area (Å²) in [6.07, 6.45) is -1.33. The second-order valence-corrected chi connectivity index (χ2v) is 4.34. The molecule has 4 atom stereocenters. The Kier molecular flexibility index (Phi) is 3.38. The predicted molar refractivity (Wildman–Crippen MR) is 61.1 cm³/mol. The summed E-state index contributed by atoms with van der Waals surface area (Å²) in [5.74, 6) is 0. The molecule has 2 heterocycles. The molecule has 17 heavy (non-hydrogen) atoms. The molecule has 1 unspecified atom stereocenters. The zero-order valence-electron chi connectivity index (χ0n) is 8.68. The third kappa shape index (κ3) is 2.16. The van der Waals surface area contributed by atoms with E-state index in [1.54, 1.807) is 0 Å². The molecule has 1 aliphatic heterocycles. The van der Waals surface area contributed by atoms with E-state index in [0.717, 1.165) is 4.57 Å². The van der Waals surface area contributed by atoms with Crippen molar-refractivity contribution in [2.75, 3.05) is 6.61 Å². The average molecular weight is 260 g/mol. The van der Waals surface area contributed by atoms with Crippen LogP contribution in [0.5, 0.6) is 0 Å². The summed E-state index contributed by atoms with van der Waals surface area (Å²) in [6, 6.07) is 1.17. The molecule has 3 N–H and O–H groups in total. The highest BCUT2D eigenvalue weighted by atomic mass is 32.1. The molecule has 1 aromatic rings. The van der Waals surface area contributed by atoms with Crippen molar-refractivity contribution in [2.45, 2.75) is 23.7 Å². The molecule has 0 aliphatic carbocycles. The number of hydrogen-bond donors (Lipinski definition) is 4. The van der Waals surface area contributed by atoms with Gasteiger partial charge in [0.05, 0.1) is 18.0 Å². The quantitative estimate of drug-likeness (QED) is 0.464. The van der Waals surface area contributed by atoms with Gasteiger partial charge in [-0.25, -0.2) is 4.79 Å². The second-order valence-electron chi connectivity index (χ2n) is 3.75. The van der Waals surface area contributed by atoms with Crippen molar-refractivity contribution in [3.05, 3.63) is 33.1 Å². The van der Waals surface area contributed by atoms with Crippen LogP contribution in [0.4, 0.5) is 0 Å². The molecule has 0 bridgehead atoms. The Balaban J connectivity index is 2.35. The summed E-state index contributed by atoms with van der Waals surface area (Å²) in [5, 5.41) is 18.0. The Morgan fingerprint density at radius 1 is 1.53 bits per heavy atom. The number of aromatic nitrogens is 2. The minimum absolute atomic E-state index is 0.368. The van der Waals surface area contributed by atoms with Gasteiger partial charge in [-0.2, -0.15) is 12.6 Å². The van der Waals surface area contributed by atoms with Gasteiger partial charge in [0.1, 0.15) is 6.10 Å². The maximum atomic E-state index is 11.5. The van der Waals surface area contributed by atoms with Crippen LogP contribution in [-0.2, 0) is 4.74 Å². The minimum atomic E-state index is -0.979. The monoisotopic (exact) mass is 260 g/mol. The fourth-order valence-corrected chi connectivity index (χ4v) is 2.14. The number of nitrogens with one attached hydrogen (secondary N) is 1.